The molecule has 0 fully saturated rings. The Hall–Kier alpha value is -1.51. The molecule has 18 heavy (non-hydrogen) atoms. The van der Waals surface area contributed by atoms with Crippen molar-refractivity contribution < 1.29 is 4.79 Å². The number of fused-ring (bicyclic) bond motifs is 1. The molecule has 1 N–H and O–H groups in total. The van der Waals surface area contributed by atoms with Crippen LogP contribution in [0.5, 0.6) is 0 Å². The lowest BCUT2D eigenvalue weighted by atomic mass is 9.97. The van der Waals surface area contributed by atoms with E-state index in [-0.39, 0.29) is 11.3 Å². The third-order valence-corrected chi connectivity index (χ3v) is 3.18. The predicted molar refractivity (Wildman–Crippen MR) is 76.1 cm³/mol. The second kappa shape index (κ2) is 4.63. The summed E-state index contributed by atoms with van der Waals surface area (Å²) in [4.78, 5) is 13.3. The quantitative estimate of drug-likeness (QED) is 0.870. The molecule has 3 heteroatoms. The minimum Gasteiger partial charge on any atom is -0.385 e. The predicted octanol–water partition coefficient (Wildman–Crippen LogP) is 3.05. The van der Waals surface area contributed by atoms with Crippen molar-refractivity contribution in [1.82, 2.24) is 0 Å². The lowest BCUT2D eigenvalue weighted by Crippen LogP contribution is -2.25. The SMILES string of the molecule is CC(=O)N1CCc2cc(NCC(C)(C)C)ccc21. The van der Waals surface area contributed by atoms with E-state index in [9.17, 15) is 4.79 Å². The van der Waals surface area contributed by atoms with Crippen molar-refractivity contribution in [2.75, 3.05) is 23.3 Å². The third-order valence-electron chi connectivity index (χ3n) is 3.18. The van der Waals surface area contributed by atoms with Gasteiger partial charge in [0, 0.05) is 31.4 Å². The Kier molecular flexibility index (Phi) is 3.33. The summed E-state index contributed by atoms with van der Waals surface area (Å²) in [7, 11) is 0. The summed E-state index contributed by atoms with van der Waals surface area (Å²) in [6.07, 6.45) is 0.958. The smallest absolute Gasteiger partial charge is 0.223 e. The van der Waals surface area contributed by atoms with Crippen LogP contribution in [0.2, 0.25) is 0 Å². The summed E-state index contributed by atoms with van der Waals surface area (Å²) in [6, 6.07) is 6.28. The molecule has 1 amide bonds. The molecule has 0 atom stereocenters. The second-order valence-corrected chi connectivity index (χ2v) is 6.18. The second-order valence-electron chi connectivity index (χ2n) is 6.18. The van der Waals surface area contributed by atoms with Gasteiger partial charge >= 0.3 is 0 Å². The highest BCUT2D eigenvalue weighted by Crippen LogP contribution is 2.30. The van der Waals surface area contributed by atoms with Gasteiger partial charge in [-0.25, -0.2) is 0 Å². The van der Waals surface area contributed by atoms with E-state index in [1.54, 1.807) is 6.92 Å². The van der Waals surface area contributed by atoms with E-state index in [0.717, 1.165) is 30.9 Å². The third kappa shape index (κ3) is 2.84. The molecule has 0 saturated heterocycles. The fourth-order valence-electron chi connectivity index (χ4n) is 2.21. The van der Waals surface area contributed by atoms with Crippen LogP contribution in [0.25, 0.3) is 0 Å². The molecule has 0 aromatic heterocycles. The molecule has 0 saturated carbocycles. The Balaban J connectivity index is 2.12. The van der Waals surface area contributed by atoms with Gasteiger partial charge in [-0.1, -0.05) is 20.8 Å². The molecule has 0 unspecified atom stereocenters. The number of carbonyl (C=O) groups excluding carboxylic acids is 1. The zero-order chi connectivity index (χ0) is 13.3. The van der Waals surface area contributed by atoms with Crippen molar-refractivity contribution in [3.8, 4) is 0 Å². The molecule has 0 bridgehead atoms. The number of nitrogens with one attached hydrogen (secondary N) is 1. The van der Waals surface area contributed by atoms with Crippen molar-refractivity contribution in [1.29, 1.82) is 0 Å². The highest BCUT2D eigenvalue weighted by Gasteiger charge is 2.22. The molecular weight excluding hydrogens is 224 g/mol. The number of anilines is 2. The Labute approximate surface area is 109 Å². The summed E-state index contributed by atoms with van der Waals surface area (Å²) in [5.74, 6) is 0.129. The first kappa shape index (κ1) is 12.9. The zero-order valence-corrected chi connectivity index (χ0v) is 11.7. The lowest BCUT2D eigenvalue weighted by Gasteiger charge is -2.20. The number of hydrogen-bond donors (Lipinski definition) is 1. The van der Waals surface area contributed by atoms with Crippen LogP contribution in [0.3, 0.4) is 0 Å². The average Bonchev–Trinajstić information content (AvgIpc) is 2.68. The topological polar surface area (TPSA) is 32.3 Å². The first-order valence-electron chi connectivity index (χ1n) is 6.52. The molecule has 1 heterocycles. The van der Waals surface area contributed by atoms with E-state index in [0.29, 0.717) is 0 Å². The van der Waals surface area contributed by atoms with Gasteiger partial charge in [-0.05, 0) is 35.6 Å². The maximum Gasteiger partial charge on any atom is 0.223 e. The first-order chi connectivity index (χ1) is 8.37. The van der Waals surface area contributed by atoms with Gasteiger partial charge in [0.2, 0.25) is 5.91 Å². The molecule has 1 aliphatic heterocycles. The van der Waals surface area contributed by atoms with E-state index in [2.05, 4.69) is 44.3 Å². The Morgan fingerprint density at radius 2 is 2.11 bits per heavy atom. The maximum atomic E-state index is 11.5. The van der Waals surface area contributed by atoms with Gasteiger partial charge in [-0.15, -0.1) is 0 Å². The van der Waals surface area contributed by atoms with Crippen molar-refractivity contribution in [3.05, 3.63) is 23.8 Å². The van der Waals surface area contributed by atoms with Crippen LogP contribution in [-0.4, -0.2) is 19.0 Å². The number of rotatable bonds is 2. The van der Waals surface area contributed by atoms with Crippen LogP contribution >= 0.6 is 0 Å². The van der Waals surface area contributed by atoms with Gasteiger partial charge in [0.25, 0.3) is 0 Å². The lowest BCUT2D eigenvalue weighted by molar-refractivity contribution is -0.116. The van der Waals surface area contributed by atoms with Gasteiger partial charge in [0.1, 0.15) is 0 Å². The van der Waals surface area contributed by atoms with Crippen molar-refractivity contribution in [2.24, 2.45) is 5.41 Å². The molecule has 98 valence electrons. The van der Waals surface area contributed by atoms with Gasteiger partial charge < -0.3 is 10.2 Å². The molecule has 2 rings (SSSR count). The van der Waals surface area contributed by atoms with E-state index >= 15 is 0 Å². The average molecular weight is 246 g/mol. The van der Waals surface area contributed by atoms with Gasteiger partial charge in [0.15, 0.2) is 0 Å². The standard InChI is InChI=1S/C15H22N2O/c1-11(18)17-8-7-12-9-13(5-6-14(12)17)16-10-15(2,3)4/h5-6,9,16H,7-8,10H2,1-4H3. The van der Waals surface area contributed by atoms with E-state index in [1.165, 1.54) is 5.56 Å². The van der Waals surface area contributed by atoms with Crippen molar-refractivity contribution in [3.63, 3.8) is 0 Å². The van der Waals surface area contributed by atoms with Crippen LogP contribution in [-0.2, 0) is 11.2 Å². The molecule has 0 aliphatic carbocycles. The molecule has 1 aliphatic rings. The summed E-state index contributed by atoms with van der Waals surface area (Å²) >= 11 is 0. The van der Waals surface area contributed by atoms with Gasteiger partial charge in [-0.3, -0.25) is 4.79 Å². The van der Waals surface area contributed by atoms with Crippen LogP contribution < -0.4 is 10.2 Å². The fraction of sp³-hybridized carbons (Fsp3) is 0.533. The summed E-state index contributed by atoms with van der Waals surface area (Å²) in [5.41, 5.74) is 3.76. The molecular formula is C15H22N2O. The molecule has 1 aromatic carbocycles. The van der Waals surface area contributed by atoms with Crippen LogP contribution in [0.4, 0.5) is 11.4 Å². The Bertz CT molecular complexity index is 460. The van der Waals surface area contributed by atoms with E-state index in [4.69, 9.17) is 0 Å². The summed E-state index contributed by atoms with van der Waals surface area (Å²) in [5, 5.41) is 3.45. The van der Waals surface area contributed by atoms with Crippen molar-refractivity contribution >= 4 is 17.3 Å². The Morgan fingerprint density at radius 1 is 1.39 bits per heavy atom. The molecule has 1 aromatic rings. The largest absolute Gasteiger partial charge is 0.385 e. The normalized spacial score (nSPS) is 14.6. The monoisotopic (exact) mass is 246 g/mol. The number of nitrogens with zero attached hydrogens (tertiary/aromatic N) is 1. The highest BCUT2D eigenvalue weighted by molar-refractivity contribution is 5.94. The minimum absolute atomic E-state index is 0.129. The molecule has 3 nitrogen and oxygen atoms in total. The zero-order valence-electron chi connectivity index (χ0n) is 11.7. The number of amides is 1. The van der Waals surface area contributed by atoms with Gasteiger partial charge in [-0.2, -0.15) is 0 Å². The number of carbonyl (C=O) groups is 1. The highest BCUT2D eigenvalue weighted by atomic mass is 16.2. The molecule has 0 radical (unpaired) electrons. The maximum absolute atomic E-state index is 11.5. The number of benzene rings is 1. The Morgan fingerprint density at radius 3 is 2.72 bits per heavy atom. The fourth-order valence-corrected chi connectivity index (χ4v) is 2.21. The van der Waals surface area contributed by atoms with Crippen LogP contribution in [0.15, 0.2) is 18.2 Å². The summed E-state index contributed by atoms with van der Waals surface area (Å²) < 4.78 is 0. The first-order valence-corrected chi connectivity index (χ1v) is 6.52. The van der Waals surface area contributed by atoms with E-state index in [1.807, 2.05) is 4.90 Å². The van der Waals surface area contributed by atoms with Crippen LogP contribution in [0.1, 0.15) is 33.3 Å². The van der Waals surface area contributed by atoms with Crippen LogP contribution in [0, 0.1) is 5.41 Å². The molecule has 0 spiro atoms. The summed E-state index contributed by atoms with van der Waals surface area (Å²) in [6.45, 7) is 10.0. The van der Waals surface area contributed by atoms with E-state index < -0.39 is 0 Å². The van der Waals surface area contributed by atoms with Crippen molar-refractivity contribution in [2.45, 2.75) is 34.1 Å². The van der Waals surface area contributed by atoms with Gasteiger partial charge in [0.05, 0.1) is 0 Å². The number of hydrogen-bond acceptors (Lipinski definition) is 2. The minimum atomic E-state index is 0.129.